The Morgan fingerprint density at radius 2 is 2.17 bits per heavy atom. The van der Waals surface area contributed by atoms with Crippen molar-refractivity contribution in [3.63, 3.8) is 0 Å². The van der Waals surface area contributed by atoms with Gasteiger partial charge in [0, 0.05) is 18.9 Å². The maximum atomic E-state index is 12.3. The van der Waals surface area contributed by atoms with Gasteiger partial charge in [0.05, 0.1) is 24.9 Å². The van der Waals surface area contributed by atoms with E-state index in [1.165, 1.54) is 13.2 Å². The molecule has 5 heteroatoms. The molecule has 0 aromatic rings. The van der Waals surface area contributed by atoms with Crippen molar-refractivity contribution in [1.82, 2.24) is 0 Å². The topological polar surface area (TPSA) is 76.4 Å². The van der Waals surface area contributed by atoms with Crippen LogP contribution in [0.15, 0.2) is 11.8 Å². The highest BCUT2D eigenvalue weighted by Crippen LogP contribution is 2.46. The summed E-state index contributed by atoms with van der Waals surface area (Å²) in [7, 11) is 1.35. The molecule has 5 nitrogen and oxygen atoms in total. The summed E-state index contributed by atoms with van der Waals surface area (Å²) in [5, 5.41) is 9.42. The maximum absolute atomic E-state index is 12.3. The number of methoxy groups -OCH3 is 1. The number of Topliss-reactive ketones (excluding diaryl/α,β-unsaturated/α-hetero) is 1. The molecule has 0 amide bonds. The number of ether oxygens (including phenoxy) is 2. The Labute approximate surface area is 105 Å². The highest BCUT2D eigenvalue weighted by atomic mass is 16.5. The molecule has 1 heterocycles. The Balaban J connectivity index is 2.55. The van der Waals surface area contributed by atoms with Gasteiger partial charge in [-0.15, -0.1) is 0 Å². The number of hydrogen-bond acceptors (Lipinski definition) is 5. The Bertz CT molecular complexity index is 486. The Kier molecular flexibility index (Phi) is 2.78. The van der Waals surface area contributed by atoms with E-state index in [2.05, 4.69) is 0 Å². The van der Waals surface area contributed by atoms with Gasteiger partial charge in [-0.25, -0.2) is 0 Å². The van der Waals surface area contributed by atoms with Crippen LogP contribution in [0.1, 0.15) is 26.7 Å². The van der Waals surface area contributed by atoms with Crippen LogP contribution < -0.4 is 0 Å². The lowest BCUT2D eigenvalue weighted by Gasteiger charge is -2.46. The average molecular weight is 249 g/mol. The van der Waals surface area contributed by atoms with Crippen molar-refractivity contribution in [2.75, 3.05) is 7.11 Å². The van der Waals surface area contributed by atoms with Gasteiger partial charge in [0.2, 0.25) is 0 Å². The minimum absolute atomic E-state index is 0.0373. The quantitative estimate of drug-likeness (QED) is 0.696. The molecule has 96 valence electrons. The maximum Gasteiger partial charge on any atom is 0.198 e. The monoisotopic (exact) mass is 249 g/mol. The number of hydrogen-bond donors (Lipinski definition) is 0. The normalized spacial score (nSPS) is 34.3. The largest absolute Gasteiger partial charge is 0.499 e. The zero-order valence-electron chi connectivity index (χ0n) is 10.6. The molecule has 0 bridgehead atoms. The number of nitriles is 1. The first kappa shape index (κ1) is 12.8. The van der Waals surface area contributed by atoms with Crippen LogP contribution in [0.3, 0.4) is 0 Å². The fourth-order valence-electron chi connectivity index (χ4n) is 2.62. The molecule has 1 aliphatic carbocycles. The molecule has 1 saturated heterocycles. The minimum Gasteiger partial charge on any atom is -0.499 e. The van der Waals surface area contributed by atoms with E-state index >= 15 is 0 Å². The van der Waals surface area contributed by atoms with E-state index in [0.29, 0.717) is 0 Å². The first-order valence-electron chi connectivity index (χ1n) is 5.77. The van der Waals surface area contributed by atoms with Gasteiger partial charge in [-0.3, -0.25) is 9.59 Å². The molecule has 0 aromatic carbocycles. The van der Waals surface area contributed by atoms with Crippen LogP contribution in [-0.2, 0) is 19.1 Å². The molecule has 0 N–H and O–H groups in total. The van der Waals surface area contributed by atoms with Gasteiger partial charge in [0.25, 0.3) is 0 Å². The summed E-state index contributed by atoms with van der Waals surface area (Å²) >= 11 is 0. The third kappa shape index (κ3) is 1.65. The summed E-state index contributed by atoms with van der Waals surface area (Å²) in [5.74, 6) is -0.327. The summed E-state index contributed by atoms with van der Waals surface area (Å²) in [6.07, 6.45) is 0.645. The van der Waals surface area contributed by atoms with Crippen molar-refractivity contribution in [2.24, 2.45) is 5.41 Å². The van der Waals surface area contributed by atoms with E-state index in [1.54, 1.807) is 13.8 Å². The third-order valence-electron chi connectivity index (χ3n) is 3.43. The number of carbonyl (C=O) groups excluding carboxylic acids is 2. The number of allylic oxidation sites excluding steroid dienone is 1. The Morgan fingerprint density at radius 3 is 2.72 bits per heavy atom. The minimum atomic E-state index is -1.46. The smallest absolute Gasteiger partial charge is 0.198 e. The molecule has 0 aromatic heterocycles. The first-order chi connectivity index (χ1) is 8.35. The summed E-state index contributed by atoms with van der Waals surface area (Å²) < 4.78 is 10.8. The summed E-state index contributed by atoms with van der Waals surface area (Å²) in [4.78, 5) is 23.9. The molecule has 0 radical (unpaired) electrons. The van der Waals surface area contributed by atoms with Crippen molar-refractivity contribution in [2.45, 2.75) is 38.4 Å². The molecule has 1 fully saturated rings. The predicted octanol–water partition coefficient (Wildman–Crippen LogP) is 1.14. The van der Waals surface area contributed by atoms with Gasteiger partial charge < -0.3 is 9.47 Å². The lowest BCUT2D eigenvalue weighted by molar-refractivity contribution is -0.176. The van der Waals surface area contributed by atoms with Gasteiger partial charge in [0.1, 0.15) is 5.76 Å². The van der Waals surface area contributed by atoms with Crippen molar-refractivity contribution in [1.29, 1.82) is 5.26 Å². The summed E-state index contributed by atoms with van der Waals surface area (Å²) in [5.41, 5.74) is -2.11. The zero-order chi connectivity index (χ0) is 13.6. The molecule has 2 aliphatic rings. The number of ketones is 2. The standard InChI is InChI=1S/C13H15NO4/c1-12(2)6-9(16)13(7-14)10(17-3)4-8(15)5-11(13)18-12/h4,11H,5-6H2,1-3H3/t11-,13+/m1/s1. The van der Waals surface area contributed by atoms with Gasteiger partial charge in [-0.1, -0.05) is 0 Å². The first-order valence-corrected chi connectivity index (χ1v) is 5.77. The fourth-order valence-corrected chi connectivity index (χ4v) is 2.62. The van der Waals surface area contributed by atoms with E-state index in [9.17, 15) is 14.9 Å². The van der Waals surface area contributed by atoms with Crippen LogP contribution in [0.2, 0.25) is 0 Å². The summed E-state index contributed by atoms with van der Waals surface area (Å²) in [6, 6.07) is 2.01. The lowest BCUT2D eigenvalue weighted by Crippen LogP contribution is -2.57. The molecular weight excluding hydrogens is 234 g/mol. The SMILES string of the molecule is COC1=CC(=O)C[C@H]2OC(C)(C)CC(=O)[C@@]12C#N. The molecular formula is C13H15NO4. The van der Waals surface area contributed by atoms with Crippen molar-refractivity contribution in [3.8, 4) is 6.07 Å². The number of carbonyl (C=O) groups is 2. The highest BCUT2D eigenvalue weighted by Gasteiger charge is 2.59. The van der Waals surface area contributed by atoms with E-state index in [-0.39, 0.29) is 30.2 Å². The number of rotatable bonds is 1. The van der Waals surface area contributed by atoms with Gasteiger partial charge in [-0.05, 0) is 13.8 Å². The van der Waals surface area contributed by atoms with E-state index < -0.39 is 17.1 Å². The van der Waals surface area contributed by atoms with Crippen LogP contribution in [0.5, 0.6) is 0 Å². The Morgan fingerprint density at radius 1 is 1.50 bits per heavy atom. The van der Waals surface area contributed by atoms with Crippen molar-refractivity contribution >= 4 is 11.6 Å². The Hall–Kier alpha value is -1.67. The second-order valence-corrected chi connectivity index (χ2v) is 5.27. The molecule has 0 saturated carbocycles. The zero-order valence-corrected chi connectivity index (χ0v) is 10.6. The van der Waals surface area contributed by atoms with Crippen molar-refractivity contribution < 1.29 is 19.1 Å². The average Bonchev–Trinajstić information content (AvgIpc) is 2.26. The molecule has 18 heavy (non-hydrogen) atoms. The van der Waals surface area contributed by atoms with Gasteiger partial charge in [0.15, 0.2) is 17.0 Å². The van der Waals surface area contributed by atoms with E-state index in [0.717, 1.165) is 0 Å². The van der Waals surface area contributed by atoms with Crippen LogP contribution >= 0.6 is 0 Å². The third-order valence-corrected chi connectivity index (χ3v) is 3.43. The molecule has 2 atom stereocenters. The molecule has 1 aliphatic heterocycles. The van der Waals surface area contributed by atoms with Crippen LogP contribution in [0, 0.1) is 16.7 Å². The second-order valence-electron chi connectivity index (χ2n) is 5.27. The lowest BCUT2D eigenvalue weighted by atomic mass is 9.67. The predicted molar refractivity (Wildman–Crippen MR) is 61.3 cm³/mol. The van der Waals surface area contributed by atoms with Gasteiger partial charge in [-0.2, -0.15) is 5.26 Å². The molecule has 0 unspecified atom stereocenters. The van der Waals surface area contributed by atoms with E-state index in [4.69, 9.17) is 9.47 Å². The molecule has 2 rings (SSSR count). The van der Waals surface area contributed by atoms with Gasteiger partial charge >= 0.3 is 0 Å². The number of fused-ring (bicyclic) bond motifs is 1. The van der Waals surface area contributed by atoms with Crippen LogP contribution in [0.4, 0.5) is 0 Å². The van der Waals surface area contributed by atoms with Crippen LogP contribution in [-0.4, -0.2) is 30.4 Å². The fraction of sp³-hybridized carbons (Fsp3) is 0.615. The summed E-state index contributed by atoms with van der Waals surface area (Å²) in [6.45, 7) is 3.56. The number of nitrogens with zero attached hydrogens (tertiary/aromatic N) is 1. The highest BCUT2D eigenvalue weighted by molar-refractivity contribution is 6.00. The van der Waals surface area contributed by atoms with Crippen LogP contribution in [0.25, 0.3) is 0 Å². The second kappa shape index (κ2) is 3.92. The van der Waals surface area contributed by atoms with Crippen molar-refractivity contribution in [3.05, 3.63) is 11.8 Å². The van der Waals surface area contributed by atoms with E-state index in [1.807, 2.05) is 6.07 Å². The molecule has 0 spiro atoms.